The number of carboxylic acids is 1. The third kappa shape index (κ3) is 2.21. The third-order valence-corrected chi connectivity index (χ3v) is 3.40. The van der Waals surface area contributed by atoms with Crippen molar-refractivity contribution in [3.63, 3.8) is 0 Å². The van der Waals surface area contributed by atoms with E-state index in [0.29, 0.717) is 16.5 Å². The molecule has 0 saturated heterocycles. The van der Waals surface area contributed by atoms with Gasteiger partial charge in [0, 0.05) is 5.92 Å². The van der Waals surface area contributed by atoms with Gasteiger partial charge in [0.1, 0.15) is 5.82 Å². The minimum atomic E-state index is -1.12. The molecule has 5 nitrogen and oxygen atoms in total. The number of carbonyl (C=O) groups is 1. The number of aryl methyl sites for hydroxylation is 1. The van der Waals surface area contributed by atoms with E-state index in [1.165, 1.54) is 0 Å². The molecule has 1 aliphatic carbocycles. The van der Waals surface area contributed by atoms with Gasteiger partial charge < -0.3 is 5.11 Å². The van der Waals surface area contributed by atoms with Gasteiger partial charge in [-0.1, -0.05) is 17.7 Å². The van der Waals surface area contributed by atoms with Gasteiger partial charge in [0.15, 0.2) is 0 Å². The van der Waals surface area contributed by atoms with Gasteiger partial charge in [-0.3, -0.25) is 0 Å². The summed E-state index contributed by atoms with van der Waals surface area (Å²) in [5.74, 6) is -0.330. The molecule has 0 spiro atoms. The van der Waals surface area contributed by atoms with E-state index in [1.54, 1.807) is 4.68 Å². The van der Waals surface area contributed by atoms with Crippen LogP contribution in [0, 0.1) is 6.92 Å². The highest BCUT2D eigenvalue weighted by Gasteiger charge is 2.31. The monoisotopic (exact) mass is 277 g/mol. The Hall–Kier alpha value is -1.88. The van der Waals surface area contributed by atoms with Crippen molar-refractivity contribution in [3.8, 4) is 5.69 Å². The van der Waals surface area contributed by atoms with Gasteiger partial charge in [-0.2, -0.15) is 0 Å². The van der Waals surface area contributed by atoms with Gasteiger partial charge in [0.25, 0.3) is 5.82 Å². The van der Waals surface area contributed by atoms with E-state index in [4.69, 9.17) is 16.7 Å². The van der Waals surface area contributed by atoms with Gasteiger partial charge in [-0.15, -0.1) is 5.10 Å². The molecule has 2 aromatic rings. The van der Waals surface area contributed by atoms with E-state index >= 15 is 0 Å². The number of hydrogen-bond acceptors (Lipinski definition) is 3. The second-order valence-electron chi connectivity index (χ2n) is 4.74. The van der Waals surface area contributed by atoms with Crippen molar-refractivity contribution in [2.24, 2.45) is 0 Å². The number of carboxylic acid groups (broad SMARTS) is 1. The maximum absolute atomic E-state index is 11.0. The summed E-state index contributed by atoms with van der Waals surface area (Å²) in [5.41, 5.74) is 1.72. The van der Waals surface area contributed by atoms with Crippen molar-refractivity contribution in [2.75, 3.05) is 0 Å². The molecule has 0 unspecified atom stereocenters. The molecule has 19 heavy (non-hydrogen) atoms. The Labute approximate surface area is 114 Å². The summed E-state index contributed by atoms with van der Waals surface area (Å²) in [6.45, 7) is 1.95. The molecule has 6 heteroatoms. The average Bonchev–Trinajstić information content (AvgIpc) is 3.09. The van der Waals surface area contributed by atoms with Gasteiger partial charge in [-0.05, 0) is 37.5 Å². The minimum absolute atomic E-state index is 0.182. The maximum Gasteiger partial charge on any atom is 0.375 e. The minimum Gasteiger partial charge on any atom is -0.475 e. The van der Waals surface area contributed by atoms with Crippen molar-refractivity contribution in [1.29, 1.82) is 0 Å². The van der Waals surface area contributed by atoms with Gasteiger partial charge in [0.2, 0.25) is 0 Å². The molecule has 1 N–H and O–H groups in total. The summed E-state index contributed by atoms with van der Waals surface area (Å²) in [7, 11) is 0. The number of benzene rings is 1. The lowest BCUT2D eigenvalue weighted by Gasteiger charge is -2.07. The standard InChI is InChI=1S/C13H12ClN3O2/c1-7-2-5-10(9(14)6-7)17-12(8-3-4-8)15-11(16-17)13(18)19/h2,5-6,8H,3-4H2,1H3,(H,18,19). The fourth-order valence-corrected chi connectivity index (χ4v) is 2.30. The zero-order valence-electron chi connectivity index (χ0n) is 10.3. The lowest BCUT2D eigenvalue weighted by molar-refractivity contribution is 0.0683. The normalized spacial score (nSPS) is 14.6. The highest BCUT2D eigenvalue weighted by Crippen LogP contribution is 2.40. The van der Waals surface area contributed by atoms with E-state index in [9.17, 15) is 4.79 Å². The summed E-state index contributed by atoms with van der Waals surface area (Å²) in [4.78, 5) is 15.1. The molecule has 98 valence electrons. The first-order valence-corrected chi connectivity index (χ1v) is 6.41. The maximum atomic E-state index is 11.0. The van der Waals surface area contributed by atoms with Crippen LogP contribution in [0.25, 0.3) is 5.69 Å². The number of rotatable bonds is 3. The van der Waals surface area contributed by atoms with E-state index < -0.39 is 5.97 Å². The summed E-state index contributed by atoms with van der Waals surface area (Å²) >= 11 is 6.21. The lowest BCUT2D eigenvalue weighted by Crippen LogP contribution is -2.04. The van der Waals surface area contributed by atoms with Crippen molar-refractivity contribution in [1.82, 2.24) is 14.8 Å². The van der Waals surface area contributed by atoms with Crippen molar-refractivity contribution in [3.05, 3.63) is 40.4 Å². The zero-order valence-corrected chi connectivity index (χ0v) is 11.1. The van der Waals surface area contributed by atoms with E-state index in [1.807, 2.05) is 25.1 Å². The van der Waals surface area contributed by atoms with Crippen LogP contribution in [0.15, 0.2) is 18.2 Å². The molecule has 1 aliphatic rings. The Bertz CT molecular complexity index is 662. The molecule has 3 rings (SSSR count). The van der Waals surface area contributed by atoms with Crippen molar-refractivity contribution >= 4 is 17.6 Å². The highest BCUT2D eigenvalue weighted by atomic mass is 35.5. The van der Waals surface area contributed by atoms with Crippen molar-refractivity contribution in [2.45, 2.75) is 25.7 Å². The zero-order chi connectivity index (χ0) is 13.6. The highest BCUT2D eigenvalue weighted by molar-refractivity contribution is 6.32. The van der Waals surface area contributed by atoms with Crippen LogP contribution in [0.1, 0.15) is 40.8 Å². The van der Waals surface area contributed by atoms with Crippen LogP contribution >= 0.6 is 11.6 Å². The van der Waals surface area contributed by atoms with Crippen LogP contribution in [-0.2, 0) is 0 Å². The van der Waals surface area contributed by atoms with Crippen LogP contribution in [0.2, 0.25) is 5.02 Å². The summed E-state index contributed by atoms with van der Waals surface area (Å²) in [6.07, 6.45) is 2.03. The second-order valence-corrected chi connectivity index (χ2v) is 5.15. The Morgan fingerprint density at radius 1 is 1.47 bits per heavy atom. The first-order chi connectivity index (χ1) is 9.06. The van der Waals surface area contributed by atoms with Crippen LogP contribution in [-0.4, -0.2) is 25.8 Å². The third-order valence-electron chi connectivity index (χ3n) is 3.10. The van der Waals surface area contributed by atoms with Crippen molar-refractivity contribution < 1.29 is 9.90 Å². The molecule has 1 heterocycles. The molecule has 0 atom stereocenters. The molecule has 1 aromatic carbocycles. The molecule has 0 aliphatic heterocycles. The lowest BCUT2D eigenvalue weighted by atomic mass is 10.2. The fourth-order valence-electron chi connectivity index (χ4n) is 1.98. The van der Waals surface area contributed by atoms with Crippen LogP contribution < -0.4 is 0 Å². The quantitative estimate of drug-likeness (QED) is 0.937. The molecule has 1 aromatic heterocycles. The summed E-state index contributed by atoms with van der Waals surface area (Å²) in [5, 5.41) is 13.6. The van der Waals surface area contributed by atoms with E-state index in [2.05, 4.69) is 10.1 Å². The predicted molar refractivity (Wildman–Crippen MR) is 70.0 cm³/mol. The summed E-state index contributed by atoms with van der Waals surface area (Å²) in [6, 6.07) is 5.58. The van der Waals surface area contributed by atoms with Gasteiger partial charge in [0.05, 0.1) is 10.7 Å². The number of hydrogen-bond donors (Lipinski definition) is 1. The van der Waals surface area contributed by atoms with E-state index in [0.717, 1.165) is 18.4 Å². The molecule has 0 bridgehead atoms. The van der Waals surface area contributed by atoms with Gasteiger partial charge in [-0.25, -0.2) is 14.5 Å². The predicted octanol–water partition coefficient (Wildman–Crippen LogP) is 2.80. The average molecular weight is 278 g/mol. The SMILES string of the molecule is Cc1ccc(-n2nc(C(=O)O)nc2C2CC2)c(Cl)c1. The molecule has 0 amide bonds. The second kappa shape index (κ2) is 4.35. The van der Waals surface area contributed by atoms with Gasteiger partial charge >= 0.3 is 5.97 Å². The Morgan fingerprint density at radius 3 is 2.79 bits per heavy atom. The smallest absolute Gasteiger partial charge is 0.375 e. The number of halogens is 1. The van der Waals surface area contributed by atoms with Crippen LogP contribution in [0.5, 0.6) is 0 Å². The first-order valence-electron chi connectivity index (χ1n) is 6.03. The summed E-state index contributed by atoms with van der Waals surface area (Å²) < 4.78 is 1.56. The fraction of sp³-hybridized carbons (Fsp3) is 0.308. The number of aromatic nitrogens is 3. The molecular weight excluding hydrogens is 266 g/mol. The Morgan fingerprint density at radius 2 is 2.21 bits per heavy atom. The Balaban J connectivity index is 2.15. The first kappa shape index (κ1) is 12.2. The molecular formula is C13H12ClN3O2. The van der Waals surface area contributed by atoms with E-state index in [-0.39, 0.29) is 11.7 Å². The Kier molecular flexibility index (Phi) is 2.78. The largest absolute Gasteiger partial charge is 0.475 e. The number of nitrogens with zero attached hydrogens (tertiary/aromatic N) is 3. The van der Waals surface area contributed by atoms with Crippen LogP contribution in [0.4, 0.5) is 0 Å². The molecule has 1 saturated carbocycles. The number of aromatic carboxylic acids is 1. The molecule has 1 fully saturated rings. The molecule has 0 radical (unpaired) electrons. The van der Waals surface area contributed by atoms with Crippen LogP contribution in [0.3, 0.4) is 0 Å². The topological polar surface area (TPSA) is 68.0 Å².